The van der Waals surface area contributed by atoms with E-state index in [1.54, 1.807) is 25.3 Å². The predicted octanol–water partition coefficient (Wildman–Crippen LogP) is 2.79. The Balaban J connectivity index is 1.48. The average molecular weight is 351 g/mol. The Hall–Kier alpha value is -2.89. The molecule has 0 aliphatic carbocycles. The van der Waals surface area contributed by atoms with Crippen molar-refractivity contribution in [1.82, 2.24) is 4.98 Å². The number of cyclic esters (lactones) is 1. The highest BCUT2D eigenvalue weighted by atomic mass is 16.6. The summed E-state index contributed by atoms with van der Waals surface area (Å²) >= 11 is 0. The molecule has 1 aromatic carbocycles. The van der Waals surface area contributed by atoms with Gasteiger partial charge >= 0.3 is 5.97 Å². The van der Waals surface area contributed by atoms with Gasteiger partial charge in [0.05, 0.1) is 17.4 Å². The molecular weight excluding hydrogens is 330 g/mol. The molecule has 4 rings (SSSR count). The number of rotatable bonds is 3. The van der Waals surface area contributed by atoms with Crippen LogP contribution in [-0.4, -0.2) is 35.6 Å². The summed E-state index contributed by atoms with van der Waals surface area (Å²) in [6.07, 6.45) is 4.37. The first-order valence-electron chi connectivity index (χ1n) is 8.89. The van der Waals surface area contributed by atoms with Crippen molar-refractivity contribution in [2.75, 3.05) is 23.3 Å². The highest BCUT2D eigenvalue weighted by Gasteiger charge is 2.42. The number of anilines is 2. The Morgan fingerprint density at radius 1 is 1.19 bits per heavy atom. The molecule has 26 heavy (non-hydrogen) atoms. The number of carbonyl (C=O) groups is 2. The molecule has 0 radical (unpaired) electrons. The molecule has 3 heterocycles. The van der Waals surface area contributed by atoms with Crippen molar-refractivity contribution in [2.45, 2.75) is 31.8 Å². The molecule has 2 aromatic rings. The van der Waals surface area contributed by atoms with Gasteiger partial charge in [0.25, 0.3) is 5.91 Å². The Morgan fingerprint density at radius 3 is 2.69 bits per heavy atom. The lowest BCUT2D eigenvalue weighted by atomic mass is 9.89. The van der Waals surface area contributed by atoms with Gasteiger partial charge in [0, 0.05) is 19.5 Å². The number of benzene rings is 1. The van der Waals surface area contributed by atoms with Crippen LogP contribution < -0.4 is 10.2 Å². The standard InChI is InChI=1S/C20H21N3O3/c1-20(12-14-6-2-3-7-16(14)18(24)26-20)19(25)22-15-8-9-17(21-13-15)23-10-4-5-11-23/h2-3,6-9,13H,4-5,10-12H2,1H3,(H,22,25). The fourth-order valence-electron chi connectivity index (χ4n) is 3.52. The van der Waals surface area contributed by atoms with E-state index in [9.17, 15) is 9.59 Å². The van der Waals surface area contributed by atoms with Crippen LogP contribution in [0.4, 0.5) is 11.5 Å². The highest BCUT2D eigenvalue weighted by Crippen LogP contribution is 2.29. The van der Waals surface area contributed by atoms with Crippen LogP contribution in [0.1, 0.15) is 35.7 Å². The topological polar surface area (TPSA) is 71.5 Å². The first kappa shape index (κ1) is 16.6. The van der Waals surface area contributed by atoms with Crippen LogP contribution in [0, 0.1) is 0 Å². The van der Waals surface area contributed by atoms with Gasteiger partial charge in [-0.1, -0.05) is 18.2 Å². The maximum Gasteiger partial charge on any atom is 0.339 e. The maximum absolute atomic E-state index is 12.8. The van der Waals surface area contributed by atoms with E-state index in [1.165, 1.54) is 12.8 Å². The number of fused-ring (bicyclic) bond motifs is 1. The lowest BCUT2D eigenvalue weighted by Crippen LogP contribution is -2.48. The fourth-order valence-corrected chi connectivity index (χ4v) is 3.52. The molecule has 6 heteroatoms. The van der Waals surface area contributed by atoms with E-state index in [1.807, 2.05) is 24.3 Å². The van der Waals surface area contributed by atoms with Gasteiger partial charge in [0.15, 0.2) is 5.60 Å². The summed E-state index contributed by atoms with van der Waals surface area (Å²) in [6, 6.07) is 11.0. The lowest BCUT2D eigenvalue weighted by molar-refractivity contribution is -0.134. The van der Waals surface area contributed by atoms with E-state index in [4.69, 9.17) is 4.74 Å². The second-order valence-corrected chi connectivity index (χ2v) is 7.01. The molecule has 0 spiro atoms. The zero-order valence-corrected chi connectivity index (χ0v) is 14.7. The van der Waals surface area contributed by atoms with E-state index in [0.717, 1.165) is 24.5 Å². The first-order chi connectivity index (χ1) is 12.5. The normalized spacial score (nSPS) is 21.9. The van der Waals surface area contributed by atoms with E-state index in [2.05, 4.69) is 15.2 Å². The van der Waals surface area contributed by atoms with E-state index < -0.39 is 11.6 Å². The SMILES string of the molecule is CC1(C(=O)Nc2ccc(N3CCCC3)nc2)Cc2ccccc2C(=O)O1. The first-order valence-corrected chi connectivity index (χ1v) is 8.89. The van der Waals surface area contributed by atoms with Crippen molar-refractivity contribution in [3.63, 3.8) is 0 Å². The van der Waals surface area contributed by atoms with E-state index >= 15 is 0 Å². The van der Waals surface area contributed by atoms with Gasteiger partial charge in [-0.2, -0.15) is 0 Å². The van der Waals surface area contributed by atoms with Gasteiger partial charge in [-0.05, 0) is 43.5 Å². The third kappa shape index (κ3) is 3.03. The molecule has 1 N–H and O–H groups in total. The minimum absolute atomic E-state index is 0.347. The van der Waals surface area contributed by atoms with Crippen LogP contribution in [0.3, 0.4) is 0 Å². The van der Waals surface area contributed by atoms with Crippen molar-refractivity contribution >= 4 is 23.4 Å². The third-order valence-electron chi connectivity index (χ3n) is 5.00. The fraction of sp³-hybridized carbons (Fsp3) is 0.350. The molecule has 1 fully saturated rings. The molecule has 1 amide bonds. The molecule has 2 aliphatic rings. The summed E-state index contributed by atoms with van der Waals surface area (Å²) in [6.45, 7) is 3.68. The van der Waals surface area contributed by atoms with Crippen LogP contribution in [0.5, 0.6) is 0 Å². The monoisotopic (exact) mass is 351 g/mol. The summed E-state index contributed by atoms with van der Waals surface area (Å²) < 4.78 is 5.46. The number of nitrogens with one attached hydrogen (secondary N) is 1. The summed E-state index contributed by atoms with van der Waals surface area (Å²) in [4.78, 5) is 31.7. The predicted molar refractivity (Wildman–Crippen MR) is 98.3 cm³/mol. The second-order valence-electron chi connectivity index (χ2n) is 7.01. The zero-order valence-electron chi connectivity index (χ0n) is 14.7. The molecule has 0 bridgehead atoms. The number of amides is 1. The third-order valence-corrected chi connectivity index (χ3v) is 5.00. The molecule has 2 aliphatic heterocycles. The molecule has 0 saturated carbocycles. The summed E-state index contributed by atoms with van der Waals surface area (Å²) in [5.41, 5.74) is 0.700. The average Bonchev–Trinajstić information content (AvgIpc) is 3.17. The van der Waals surface area contributed by atoms with E-state index in [0.29, 0.717) is 17.7 Å². The van der Waals surface area contributed by atoms with Gasteiger partial charge in [-0.25, -0.2) is 9.78 Å². The van der Waals surface area contributed by atoms with Crippen molar-refractivity contribution in [2.24, 2.45) is 0 Å². The van der Waals surface area contributed by atoms with Crippen LogP contribution in [0.2, 0.25) is 0 Å². The number of pyridine rings is 1. The van der Waals surface area contributed by atoms with Gasteiger partial charge in [0.2, 0.25) is 0 Å². The minimum Gasteiger partial charge on any atom is -0.445 e. The largest absolute Gasteiger partial charge is 0.445 e. The Morgan fingerprint density at radius 2 is 1.96 bits per heavy atom. The van der Waals surface area contributed by atoms with Gasteiger partial charge in [-0.15, -0.1) is 0 Å². The summed E-state index contributed by atoms with van der Waals surface area (Å²) in [5.74, 6) is 0.104. The number of hydrogen-bond donors (Lipinski definition) is 1. The van der Waals surface area contributed by atoms with Crippen LogP contribution in [0.25, 0.3) is 0 Å². The quantitative estimate of drug-likeness (QED) is 0.861. The van der Waals surface area contributed by atoms with Crippen molar-refractivity contribution in [1.29, 1.82) is 0 Å². The van der Waals surface area contributed by atoms with Crippen LogP contribution in [0.15, 0.2) is 42.6 Å². The zero-order chi connectivity index (χ0) is 18.1. The van der Waals surface area contributed by atoms with Gasteiger partial charge in [0.1, 0.15) is 5.82 Å². The maximum atomic E-state index is 12.8. The van der Waals surface area contributed by atoms with Crippen molar-refractivity contribution in [3.8, 4) is 0 Å². The minimum atomic E-state index is -1.24. The van der Waals surface area contributed by atoms with Gasteiger partial charge < -0.3 is 15.0 Å². The number of hydrogen-bond acceptors (Lipinski definition) is 5. The molecule has 1 saturated heterocycles. The van der Waals surface area contributed by atoms with Crippen molar-refractivity contribution in [3.05, 3.63) is 53.7 Å². The molecule has 1 atom stereocenters. The van der Waals surface area contributed by atoms with E-state index in [-0.39, 0.29) is 5.91 Å². The molecule has 1 unspecified atom stereocenters. The summed E-state index contributed by atoms with van der Waals surface area (Å²) in [7, 11) is 0. The van der Waals surface area contributed by atoms with Crippen LogP contribution >= 0.6 is 0 Å². The Kier molecular flexibility index (Phi) is 4.11. The molecule has 1 aromatic heterocycles. The number of aromatic nitrogens is 1. The summed E-state index contributed by atoms with van der Waals surface area (Å²) in [5, 5.41) is 2.82. The number of esters is 1. The number of ether oxygens (including phenoxy) is 1. The smallest absolute Gasteiger partial charge is 0.339 e. The van der Waals surface area contributed by atoms with Gasteiger partial charge in [-0.3, -0.25) is 4.79 Å². The highest BCUT2D eigenvalue weighted by molar-refractivity contribution is 6.02. The molecular formula is C20H21N3O3. The number of nitrogens with zero attached hydrogens (tertiary/aromatic N) is 2. The molecule has 134 valence electrons. The lowest BCUT2D eigenvalue weighted by Gasteiger charge is -2.33. The second kappa shape index (κ2) is 6.44. The van der Waals surface area contributed by atoms with Crippen molar-refractivity contribution < 1.29 is 14.3 Å². The number of carbonyl (C=O) groups excluding carboxylic acids is 2. The Bertz CT molecular complexity index is 844. The van der Waals surface area contributed by atoms with Crippen LogP contribution in [-0.2, 0) is 16.0 Å². The Labute approximate surface area is 152 Å². The molecule has 6 nitrogen and oxygen atoms in total.